The van der Waals surface area contributed by atoms with Crippen LogP contribution in [0.15, 0.2) is 85.3 Å². The third-order valence-corrected chi connectivity index (χ3v) is 7.11. The van der Waals surface area contributed by atoms with Gasteiger partial charge in [0.1, 0.15) is 0 Å². The van der Waals surface area contributed by atoms with E-state index in [9.17, 15) is 4.79 Å². The van der Waals surface area contributed by atoms with Crippen LogP contribution in [0.2, 0.25) is 0 Å². The van der Waals surface area contributed by atoms with Gasteiger partial charge in [-0.25, -0.2) is 9.97 Å². The van der Waals surface area contributed by atoms with E-state index in [1.807, 2.05) is 35.5 Å². The highest BCUT2D eigenvalue weighted by atomic mass is 16.2. The summed E-state index contributed by atoms with van der Waals surface area (Å²) >= 11 is 0. The zero-order valence-corrected chi connectivity index (χ0v) is 20.8. The van der Waals surface area contributed by atoms with Crippen molar-refractivity contribution in [3.8, 4) is 22.5 Å². The van der Waals surface area contributed by atoms with Crippen molar-refractivity contribution in [1.82, 2.24) is 19.9 Å². The van der Waals surface area contributed by atoms with Crippen LogP contribution in [-0.2, 0) is 11.2 Å². The molecule has 1 saturated heterocycles. The van der Waals surface area contributed by atoms with Crippen molar-refractivity contribution < 1.29 is 4.79 Å². The number of hydrogen-bond donors (Lipinski definition) is 0. The second-order valence-electron chi connectivity index (χ2n) is 9.54. The highest BCUT2D eigenvalue weighted by Crippen LogP contribution is 2.36. The number of nitrogens with zero attached hydrogens (tertiary/aromatic N) is 4. The molecule has 4 aromatic rings. The highest BCUT2D eigenvalue weighted by molar-refractivity contribution is 5.76. The van der Waals surface area contributed by atoms with Gasteiger partial charge in [0.05, 0.1) is 5.69 Å². The SMILES string of the molecule is Cc1ccccc1-c1cnc(-c2cccnc2)nc1C1CCN(C(=O)CCCc2ccccc2)CC1. The predicted molar refractivity (Wildman–Crippen MR) is 143 cm³/mol. The normalized spacial score (nSPS) is 14.1. The summed E-state index contributed by atoms with van der Waals surface area (Å²) in [7, 11) is 0. The van der Waals surface area contributed by atoms with E-state index in [4.69, 9.17) is 9.97 Å². The first-order valence-electron chi connectivity index (χ1n) is 12.8. The van der Waals surface area contributed by atoms with Crippen LogP contribution >= 0.6 is 0 Å². The lowest BCUT2D eigenvalue weighted by Crippen LogP contribution is -2.38. The molecule has 0 saturated carbocycles. The molecule has 1 aliphatic heterocycles. The molecule has 0 atom stereocenters. The van der Waals surface area contributed by atoms with Crippen LogP contribution in [0.4, 0.5) is 0 Å². The van der Waals surface area contributed by atoms with Gasteiger partial charge in [-0.05, 0) is 61.4 Å². The molecule has 1 fully saturated rings. The fourth-order valence-electron chi connectivity index (χ4n) is 5.07. The minimum Gasteiger partial charge on any atom is -0.343 e. The molecule has 0 unspecified atom stereocenters. The molecule has 1 amide bonds. The summed E-state index contributed by atoms with van der Waals surface area (Å²) in [5, 5.41) is 0. The van der Waals surface area contributed by atoms with Crippen molar-refractivity contribution in [2.45, 2.75) is 44.9 Å². The van der Waals surface area contributed by atoms with Crippen LogP contribution in [0, 0.1) is 6.92 Å². The summed E-state index contributed by atoms with van der Waals surface area (Å²) in [6.45, 7) is 3.67. The molecule has 0 N–H and O–H groups in total. The minimum atomic E-state index is 0.266. The fourth-order valence-corrected chi connectivity index (χ4v) is 5.07. The lowest BCUT2D eigenvalue weighted by atomic mass is 9.87. The molecule has 2 aromatic carbocycles. The third kappa shape index (κ3) is 5.51. The number of pyridine rings is 1. The Bertz CT molecular complexity index is 1300. The van der Waals surface area contributed by atoms with Crippen LogP contribution in [0.3, 0.4) is 0 Å². The maximum absolute atomic E-state index is 12.9. The average molecular weight is 477 g/mol. The second kappa shape index (κ2) is 11.3. The smallest absolute Gasteiger partial charge is 0.222 e. The van der Waals surface area contributed by atoms with Crippen LogP contribution in [0.1, 0.15) is 48.4 Å². The van der Waals surface area contributed by atoms with Gasteiger partial charge in [-0.1, -0.05) is 54.6 Å². The standard InChI is InChI=1S/C31H32N4O/c1-23-9-5-6-14-27(23)28-22-33-31(26-13-8-18-32-21-26)34-30(28)25-16-19-35(20-17-25)29(36)15-7-12-24-10-3-2-4-11-24/h2-6,8-11,13-14,18,21-22,25H,7,12,15-17,19-20H2,1H3. The molecule has 5 nitrogen and oxygen atoms in total. The number of benzene rings is 2. The molecule has 36 heavy (non-hydrogen) atoms. The van der Waals surface area contributed by atoms with E-state index < -0.39 is 0 Å². The quantitative estimate of drug-likeness (QED) is 0.317. The Hall–Kier alpha value is -3.86. The fraction of sp³-hybridized carbons (Fsp3) is 0.290. The molecule has 182 valence electrons. The molecule has 0 spiro atoms. The van der Waals surface area contributed by atoms with Crippen molar-refractivity contribution in [3.05, 3.63) is 102 Å². The van der Waals surface area contributed by atoms with Crippen LogP contribution in [-0.4, -0.2) is 38.8 Å². The number of aryl methyl sites for hydroxylation is 2. The topological polar surface area (TPSA) is 59.0 Å². The predicted octanol–water partition coefficient (Wildman–Crippen LogP) is 6.24. The summed E-state index contributed by atoms with van der Waals surface area (Å²) in [6.07, 6.45) is 9.80. The molecule has 1 aliphatic rings. The molecule has 0 radical (unpaired) electrons. The van der Waals surface area contributed by atoms with Crippen LogP contribution < -0.4 is 0 Å². The Morgan fingerprint density at radius 2 is 1.69 bits per heavy atom. The van der Waals surface area contributed by atoms with Gasteiger partial charge in [-0.3, -0.25) is 9.78 Å². The van der Waals surface area contributed by atoms with E-state index in [0.29, 0.717) is 12.2 Å². The number of piperidine rings is 1. The first-order chi connectivity index (χ1) is 17.7. The molecule has 2 aromatic heterocycles. The number of likely N-dealkylation sites (tertiary alicyclic amines) is 1. The Morgan fingerprint density at radius 3 is 2.44 bits per heavy atom. The Balaban J connectivity index is 1.31. The van der Waals surface area contributed by atoms with Crippen molar-refractivity contribution in [2.24, 2.45) is 0 Å². The first-order valence-corrected chi connectivity index (χ1v) is 12.8. The van der Waals surface area contributed by atoms with Crippen molar-refractivity contribution in [2.75, 3.05) is 13.1 Å². The number of carbonyl (C=O) groups is 1. The lowest BCUT2D eigenvalue weighted by molar-refractivity contribution is -0.132. The van der Waals surface area contributed by atoms with E-state index in [2.05, 4.69) is 60.4 Å². The second-order valence-corrected chi connectivity index (χ2v) is 9.54. The molecule has 0 bridgehead atoms. The van der Waals surface area contributed by atoms with Crippen molar-refractivity contribution in [3.63, 3.8) is 0 Å². The number of aromatic nitrogens is 3. The monoisotopic (exact) mass is 476 g/mol. The van der Waals surface area contributed by atoms with E-state index in [-0.39, 0.29) is 11.8 Å². The van der Waals surface area contributed by atoms with E-state index in [0.717, 1.165) is 55.6 Å². The maximum atomic E-state index is 12.9. The van der Waals surface area contributed by atoms with Gasteiger partial charge in [0, 0.05) is 55.1 Å². The maximum Gasteiger partial charge on any atom is 0.222 e. The van der Waals surface area contributed by atoms with Gasteiger partial charge in [0.25, 0.3) is 0 Å². The van der Waals surface area contributed by atoms with Crippen LogP contribution in [0.5, 0.6) is 0 Å². The summed E-state index contributed by atoms with van der Waals surface area (Å²) in [6, 6.07) is 22.7. The molecule has 5 heteroatoms. The van der Waals surface area contributed by atoms with Crippen molar-refractivity contribution in [1.29, 1.82) is 0 Å². The average Bonchev–Trinajstić information content (AvgIpc) is 2.94. The van der Waals surface area contributed by atoms with E-state index in [1.54, 1.807) is 6.20 Å². The number of amides is 1. The molecule has 5 rings (SSSR count). The largest absolute Gasteiger partial charge is 0.343 e. The van der Waals surface area contributed by atoms with E-state index >= 15 is 0 Å². The highest BCUT2D eigenvalue weighted by Gasteiger charge is 2.27. The van der Waals surface area contributed by atoms with Gasteiger partial charge in [0.2, 0.25) is 5.91 Å². The van der Waals surface area contributed by atoms with Gasteiger partial charge in [-0.15, -0.1) is 0 Å². The van der Waals surface area contributed by atoms with E-state index in [1.165, 1.54) is 16.7 Å². The Labute approximate surface area is 213 Å². The zero-order valence-electron chi connectivity index (χ0n) is 20.8. The van der Waals surface area contributed by atoms with Gasteiger partial charge < -0.3 is 4.90 Å². The van der Waals surface area contributed by atoms with Gasteiger partial charge in [-0.2, -0.15) is 0 Å². The lowest BCUT2D eigenvalue weighted by Gasteiger charge is -2.33. The molecular weight excluding hydrogens is 444 g/mol. The van der Waals surface area contributed by atoms with Crippen LogP contribution in [0.25, 0.3) is 22.5 Å². The Morgan fingerprint density at radius 1 is 0.917 bits per heavy atom. The summed E-state index contributed by atoms with van der Waals surface area (Å²) in [5.41, 5.74) is 6.76. The number of rotatable bonds is 7. The number of carbonyl (C=O) groups excluding carboxylic acids is 1. The molecule has 0 aliphatic carbocycles. The Kier molecular flexibility index (Phi) is 7.46. The third-order valence-electron chi connectivity index (χ3n) is 7.11. The van der Waals surface area contributed by atoms with Gasteiger partial charge >= 0.3 is 0 Å². The minimum absolute atomic E-state index is 0.266. The molecular formula is C31H32N4O. The van der Waals surface area contributed by atoms with Crippen molar-refractivity contribution >= 4 is 5.91 Å². The first kappa shape index (κ1) is 23.9. The summed E-state index contributed by atoms with van der Waals surface area (Å²) < 4.78 is 0. The molecule has 3 heterocycles. The number of hydrogen-bond acceptors (Lipinski definition) is 4. The zero-order chi connectivity index (χ0) is 24.7. The summed E-state index contributed by atoms with van der Waals surface area (Å²) in [4.78, 5) is 29.0. The van der Waals surface area contributed by atoms with Gasteiger partial charge in [0.15, 0.2) is 5.82 Å². The summed E-state index contributed by atoms with van der Waals surface area (Å²) in [5.74, 6) is 1.25.